The second kappa shape index (κ2) is 11.3. The van der Waals surface area contributed by atoms with Crippen LogP contribution in [0.1, 0.15) is 63.1 Å². The van der Waals surface area contributed by atoms with E-state index in [4.69, 9.17) is 11.6 Å². The molecule has 8 heteroatoms. The summed E-state index contributed by atoms with van der Waals surface area (Å²) < 4.78 is 15.6. The maximum absolute atomic E-state index is 13.9. The predicted octanol–water partition coefficient (Wildman–Crippen LogP) is 6.31. The smallest absolute Gasteiger partial charge is 0.257 e. The third kappa shape index (κ3) is 5.26. The molecule has 0 N–H and O–H groups in total. The Labute approximate surface area is 238 Å². The third-order valence-electron chi connectivity index (χ3n) is 8.09. The van der Waals surface area contributed by atoms with E-state index in [0.717, 1.165) is 17.8 Å². The molecule has 0 bridgehead atoms. The van der Waals surface area contributed by atoms with Crippen molar-refractivity contribution in [2.75, 3.05) is 26.2 Å². The molecule has 40 heavy (non-hydrogen) atoms. The van der Waals surface area contributed by atoms with Gasteiger partial charge in [0.25, 0.3) is 11.8 Å². The van der Waals surface area contributed by atoms with Gasteiger partial charge in [0, 0.05) is 48.6 Å². The van der Waals surface area contributed by atoms with Gasteiger partial charge in [-0.25, -0.2) is 9.07 Å². The van der Waals surface area contributed by atoms with E-state index in [1.54, 1.807) is 23.2 Å². The van der Waals surface area contributed by atoms with Gasteiger partial charge in [0.2, 0.25) is 0 Å². The Bertz CT molecular complexity index is 1510. The normalized spacial score (nSPS) is 17.8. The standard InChI is InChI=1S/C32H30ClFN4O2/c33-26-9-11-28(12-10-26)38-30(23-13-16-36(17-14-23)31(39)24-7-4-8-27(34)19-24)29(20-35-38)32(40)37-18-15-25(21-37)22-5-2-1-3-6-22/h1-12,19-20,23,25H,13-18,21H2. The van der Waals surface area contributed by atoms with Crippen molar-refractivity contribution in [1.82, 2.24) is 19.6 Å². The Morgan fingerprint density at radius 1 is 0.800 bits per heavy atom. The van der Waals surface area contributed by atoms with Crippen LogP contribution in [-0.2, 0) is 0 Å². The van der Waals surface area contributed by atoms with Crippen molar-refractivity contribution in [3.63, 3.8) is 0 Å². The number of piperidine rings is 1. The van der Waals surface area contributed by atoms with Crippen molar-refractivity contribution in [2.45, 2.75) is 31.1 Å². The van der Waals surface area contributed by atoms with E-state index in [1.807, 2.05) is 52.0 Å². The molecule has 2 fully saturated rings. The van der Waals surface area contributed by atoms with E-state index in [-0.39, 0.29) is 17.7 Å². The van der Waals surface area contributed by atoms with E-state index in [9.17, 15) is 14.0 Å². The number of carbonyl (C=O) groups excluding carboxylic acids is 2. The molecule has 0 aliphatic carbocycles. The minimum atomic E-state index is -0.424. The molecule has 1 atom stereocenters. The van der Waals surface area contributed by atoms with Crippen LogP contribution in [0.4, 0.5) is 4.39 Å². The molecule has 3 heterocycles. The molecule has 0 spiro atoms. The highest BCUT2D eigenvalue weighted by Crippen LogP contribution is 2.35. The molecule has 3 aromatic carbocycles. The zero-order valence-electron chi connectivity index (χ0n) is 22.0. The van der Waals surface area contributed by atoms with E-state index in [2.05, 4.69) is 17.2 Å². The van der Waals surface area contributed by atoms with Gasteiger partial charge >= 0.3 is 0 Å². The molecule has 2 aliphatic heterocycles. The Morgan fingerprint density at radius 2 is 1.50 bits per heavy atom. The molecule has 2 aliphatic rings. The molecule has 6 nitrogen and oxygen atoms in total. The van der Waals surface area contributed by atoms with Gasteiger partial charge in [-0.3, -0.25) is 9.59 Å². The molecule has 2 saturated heterocycles. The van der Waals surface area contributed by atoms with Crippen molar-refractivity contribution in [2.24, 2.45) is 0 Å². The Hall–Kier alpha value is -3.97. The summed E-state index contributed by atoms with van der Waals surface area (Å²) >= 11 is 6.15. The fourth-order valence-corrected chi connectivity index (χ4v) is 6.10. The van der Waals surface area contributed by atoms with E-state index in [1.165, 1.54) is 17.7 Å². The quantitative estimate of drug-likeness (QED) is 0.289. The largest absolute Gasteiger partial charge is 0.339 e. The van der Waals surface area contributed by atoms with Crippen LogP contribution in [0.5, 0.6) is 0 Å². The second-order valence-corrected chi connectivity index (χ2v) is 11.0. The van der Waals surface area contributed by atoms with E-state index < -0.39 is 5.82 Å². The number of carbonyl (C=O) groups is 2. The summed E-state index contributed by atoms with van der Waals surface area (Å²) in [7, 11) is 0. The minimum Gasteiger partial charge on any atom is -0.339 e. The average Bonchev–Trinajstić information content (AvgIpc) is 3.66. The summed E-state index contributed by atoms with van der Waals surface area (Å²) in [6.45, 7) is 2.40. The summed E-state index contributed by atoms with van der Waals surface area (Å²) in [5, 5.41) is 5.30. The predicted molar refractivity (Wildman–Crippen MR) is 153 cm³/mol. The number of nitrogens with zero attached hydrogens (tertiary/aromatic N) is 4. The molecule has 0 saturated carbocycles. The van der Waals surface area contributed by atoms with Crippen molar-refractivity contribution >= 4 is 23.4 Å². The highest BCUT2D eigenvalue weighted by molar-refractivity contribution is 6.30. The SMILES string of the molecule is O=C(c1cccc(F)c1)N1CCC(c2c(C(=O)N3CCC(c4ccccc4)C3)cnn2-c2ccc(Cl)cc2)CC1. The molecule has 0 radical (unpaired) electrons. The zero-order chi connectivity index (χ0) is 27.6. The summed E-state index contributed by atoms with van der Waals surface area (Å²) in [6.07, 6.45) is 3.96. The summed E-state index contributed by atoms with van der Waals surface area (Å²) in [4.78, 5) is 30.7. The third-order valence-corrected chi connectivity index (χ3v) is 8.35. The summed E-state index contributed by atoms with van der Waals surface area (Å²) in [5.74, 6) is -0.262. The second-order valence-electron chi connectivity index (χ2n) is 10.6. The van der Waals surface area contributed by atoms with Gasteiger partial charge in [-0.05, 0) is 67.3 Å². The monoisotopic (exact) mass is 556 g/mol. The topological polar surface area (TPSA) is 58.4 Å². The molecule has 204 valence electrons. The summed E-state index contributed by atoms with van der Waals surface area (Å²) in [6, 6.07) is 23.6. The van der Waals surface area contributed by atoms with Crippen LogP contribution < -0.4 is 0 Å². The molecular formula is C32H30ClFN4O2. The van der Waals surface area contributed by atoms with Gasteiger partial charge in [-0.15, -0.1) is 0 Å². The lowest BCUT2D eigenvalue weighted by molar-refractivity contribution is 0.0706. The molecule has 1 aromatic heterocycles. The van der Waals surface area contributed by atoms with Crippen LogP contribution in [0.2, 0.25) is 5.02 Å². The molecular weight excluding hydrogens is 527 g/mol. The zero-order valence-corrected chi connectivity index (χ0v) is 22.8. The highest BCUT2D eigenvalue weighted by atomic mass is 35.5. The molecule has 4 aromatic rings. The first kappa shape index (κ1) is 26.3. The molecule has 1 unspecified atom stereocenters. The van der Waals surface area contributed by atoms with Crippen LogP contribution in [-0.4, -0.2) is 57.6 Å². The van der Waals surface area contributed by atoms with Crippen LogP contribution in [0, 0.1) is 5.82 Å². The van der Waals surface area contributed by atoms with Crippen LogP contribution in [0.3, 0.4) is 0 Å². The molecule has 2 amide bonds. The molecule has 6 rings (SSSR count). The van der Waals surface area contributed by atoms with Crippen molar-refractivity contribution in [3.8, 4) is 5.69 Å². The van der Waals surface area contributed by atoms with Gasteiger partial charge in [0.1, 0.15) is 5.82 Å². The maximum Gasteiger partial charge on any atom is 0.257 e. The number of hydrogen-bond donors (Lipinski definition) is 0. The Morgan fingerprint density at radius 3 is 2.23 bits per heavy atom. The van der Waals surface area contributed by atoms with Gasteiger partial charge in [-0.1, -0.05) is 48.0 Å². The number of likely N-dealkylation sites (tertiary alicyclic amines) is 2. The van der Waals surface area contributed by atoms with Crippen molar-refractivity contribution in [1.29, 1.82) is 0 Å². The van der Waals surface area contributed by atoms with Gasteiger partial charge in [-0.2, -0.15) is 5.10 Å². The highest BCUT2D eigenvalue weighted by Gasteiger charge is 2.34. The first-order valence-corrected chi connectivity index (χ1v) is 14.1. The number of aromatic nitrogens is 2. The van der Waals surface area contributed by atoms with E-state index >= 15 is 0 Å². The fourth-order valence-electron chi connectivity index (χ4n) is 5.98. The lowest BCUT2D eigenvalue weighted by Crippen LogP contribution is -2.39. The fraction of sp³-hybridized carbons (Fsp3) is 0.281. The number of amides is 2. The first-order valence-electron chi connectivity index (χ1n) is 13.7. The average molecular weight is 557 g/mol. The number of hydrogen-bond acceptors (Lipinski definition) is 3. The maximum atomic E-state index is 13.9. The lowest BCUT2D eigenvalue weighted by Gasteiger charge is -2.33. The Kier molecular flexibility index (Phi) is 7.39. The van der Waals surface area contributed by atoms with Gasteiger partial charge in [0.05, 0.1) is 23.1 Å². The minimum absolute atomic E-state index is 0.00749. The van der Waals surface area contributed by atoms with Crippen LogP contribution >= 0.6 is 11.6 Å². The van der Waals surface area contributed by atoms with Crippen LogP contribution in [0.15, 0.2) is 85.1 Å². The van der Waals surface area contributed by atoms with Gasteiger partial charge < -0.3 is 9.80 Å². The number of halogens is 2. The number of benzene rings is 3. The van der Waals surface area contributed by atoms with E-state index in [0.29, 0.717) is 61.1 Å². The number of rotatable bonds is 5. The lowest BCUT2D eigenvalue weighted by atomic mass is 9.90. The van der Waals surface area contributed by atoms with Crippen LogP contribution in [0.25, 0.3) is 5.69 Å². The van der Waals surface area contributed by atoms with Crippen molar-refractivity contribution in [3.05, 3.63) is 118 Å². The van der Waals surface area contributed by atoms with Gasteiger partial charge in [0.15, 0.2) is 0 Å². The van der Waals surface area contributed by atoms with Crippen molar-refractivity contribution < 1.29 is 14.0 Å². The Balaban J connectivity index is 1.25. The summed E-state index contributed by atoms with van der Waals surface area (Å²) in [5.41, 5.74) is 3.92. The first-order chi connectivity index (χ1) is 19.5.